The number of H-pyrrole nitrogens is 1. The Hall–Kier alpha value is -6.14. The lowest BCUT2D eigenvalue weighted by molar-refractivity contribution is -0.384. The van der Waals surface area contributed by atoms with Gasteiger partial charge in [0.1, 0.15) is 22.8 Å². The molecule has 17 heteroatoms. The number of hydrogen-bond donors (Lipinski definition) is 3. The van der Waals surface area contributed by atoms with Crippen LogP contribution in [0.2, 0.25) is 0 Å². The van der Waals surface area contributed by atoms with Crippen molar-refractivity contribution in [1.82, 2.24) is 29.4 Å². The second-order valence-electron chi connectivity index (χ2n) is 17.7. The number of fused-ring (bicyclic) bond motifs is 1. The van der Waals surface area contributed by atoms with E-state index in [0.717, 1.165) is 54.8 Å². The summed E-state index contributed by atoms with van der Waals surface area (Å²) in [5.41, 5.74) is 5.14. The van der Waals surface area contributed by atoms with E-state index in [1.54, 1.807) is 54.4 Å². The maximum atomic E-state index is 14.0. The van der Waals surface area contributed by atoms with E-state index in [1.165, 1.54) is 48.7 Å². The smallest absolute Gasteiger partial charge is 0.293 e. The Morgan fingerprint density at radius 2 is 1.85 bits per heavy atom. The van der Waals surface area contributed by atoms with Crippen molar-refractivity contribution in [3.05, 3.63) is 124 Å². The predicted octanol–water partition coefficient (Wildman–Crippen LogP) is 7.23. The molecule has 3 N–H and O–H groups in total. The summed E-state index contributed by atoms with van der Waals surface area (Å²) in [6.07, 6.45) is 12.7. The van der Waals surface area contributed by atoms with Gasteiger partial charge in [-0.1, -0.05) is 36.4 Å². The van der Waals surface area contributed by atoms with Gasteiger partial charge in [0.05, 0.1) is 40.8 Å². The second kappa shape index (κ2) is 18.8. The largest absolute Gasteiger partial charge is 0.455 e. The van der Waals surface area contributed by atoms with Crippen molar-refractivity contribution in [3.8, 4) is 11.5 Å². The number of nitrogens with one attached hydrogen (secondary N) is 3. The highest BCUT2D eigenvalue weighted by atomic mass is 32.2. The minimum absolute atomic E-state index is 0.0478. The van der Waals surface area contributed by atoms with E-state index in [-0.39, 0.29) is 36.0 Å². The number of benzene rings is 3. The minimum atomic E-state index is -4.62. The number of ether oxygens (including phenoxy) is 2. The van der Waals surface area contributed by atoms with Gasteiger partial charge in [-0.2, -0.15) is 0 Å². The number of carbonyl (C=O) groups excluding carboxylic acids is 2. The monoisotopic (exact) mass is 902 g/mol. The molecule has 3 atom stereocenters. The molecule has 1 saturated carbocycles. The van der Waals surface area contributed by atoms with Crippen LogP contribution in [0.25, 0.3) is 16.6 Å². The van der Waals surface area contributed by atoms with Crippen LogP contribution >= 0.6 is 0 Å². The molecular weight excluding hydrogens is 849 g/mol. The third-order valence-electron chi connectivity index (χ3n) is 12.9. The van der Waals surface area contributed by atoms with Gasteiger partial charge in [-0.05, 0) is 130 Å². The highest BCUT2D eigenvalue weighted by Gasteiger charge is 2.36. The van der Waals surface area contributed by atoms with E-state index in [0.29, 0.717) is 49.1 Å². The van der Waals surface area contributed by atoms with E-state index in [1.807, 2.05) is 6.07 Å². The summed E-state index contributed by atoms with van der Waals surface area (Å²) in [6, 6.07) is 21.9. The highest BCUT2D eigenvalue weighted by Crippen LogP contribution is 2.47. The quantitative estimate of drug-likeness (QED) is 0.0707. The van der Waals surface area contributed by atoms with Crippen molar-refractivity contribution < 1.29 is 32.4 Å². The molecule has 16 nitrogen and oxygen atoms in total. The zero-order valence-corrected chi connectivity index (χ0v) is 37.4. The van der Waals surface area contributed by atoms with Crippen LogP contribution in [-0.2, 0) is 19.6 Å². The lowest BCUT2D eigenvalue weighted by Crippen LogP contribution is -2.50. The number of pyridine rings is 1. The lowest BCUT2D eigenvalue weighted by atomic mass is 9.88. The van der Waals surface area contributed by atoms with Gasteiger partial charge in [-0.25, -0.2) is 18.1 Å². The summed E-state index contributed by atoms with van der Waals surface area (Å²) in [7, 11) is -1.01. The first kappa shape index (κ1) is 44.1. The fourth-order valence-electron chi connectivity index (χ4n) is 9.50. The highest BCUT2D eigenvalue weighted by molar-refractivity contribution is 7.90. The standard InChI is InChI=1S/C48H54N8O8S/c1-53(2)30-46(57)54-22-23-63-37(29-54)28-50-42-18-16-38(26-44(42)56(59)60)65(61,62)52-48(58)41-17-13-33(25-45(41)64-36-24-34-19-20-49-47(34)51-27-36)31-11-14-35(15-12-31)55-21-5-8-43(55)40-7-4-3-6-39(40)32-9-10-32/h3-4,6-7,11,13,16-20,24-27,32,35,37,43,50H,5,8-10,12,14-15,21-23,28-30H2,1-2H3,(H,49,51)(H,52,58). The molecule has 65 heavy (non-hydrogen) atoms. The molecule has 340 valence electrons. The third-order valence-corrected chi connectivity index (χ3v) is 14.2. The number of sulfonamides is 1. The first-order chi connectivity index (χ1) is 31.4. The zero-order valence-electron chi connectivity index (χ0n) is 36.6. The molecule has 3 unspecified atom stereocenters. The average Bonchev–Trinajstić information content (AvgIpc) is 3.84. The van der Waals surface area contributed by atoms with Crippen LogP contribution in [-0.4, -0.2) is 115 Å². The summed E-state index contributed by atoms with van der Waals surface area (Å²) in [4.78, 5) is 51.3. The molecule has 5 aromatic rings. The van der Waals surface area contributed by atoms with E-state index < -0.39 is 37.5 Å². The molecule has 0 radical (unpaired) electrons. The third kappa shape index (κ3) is 9.93. The van der Waals surface area contributed by atoms with Crippen LogP contribution in [0.5, 0.6) is 11.5 Å². The SMILES string of the molecule is CN(C)CC(=O)N1CCOC(CNc2ccc(S(=O)(=O)NC(=O)c3ccc(C4=CCC(N5CCCC5c5ccccc5C5CC5)CC4)cc3Oc3cnc4[nH]ccc4c3)cc2[N+](=O)[O-])C1. The molecular formula is C48H54N8O8S. The van der Waals surface area contributed by atoms with Gasteiger partial charge in [0.2, 0.25) is 5.91 Å². The average molecular weight is 903 g/mol. The molecule has 0 bridgehead atoms. The number of anilines is 1. The summed E-state index contributed by atoms with van der Waals surface area (Å²) in [5.74, 6) is 0.143. The Morgan fingerprint density at radius 1 is 1.02 bits per heavy atom. The van der Waals surface area contributed by atoms with E-state index in [2.05, 4.69) is 55.2 Å². The van der Waals surface area contributed by atoms with Crippen molar-refractivity contribution in [2.45, 2.75) is 73.9 Å². The Morgan fingerprint density at radius 3 is 2.62 bits per heavy atom. The molecule has 0 spiro atoms. The number of rotatable bonds is 15. The van der Waals surface area contributed by atoms with Gasteiger partial charge in [0.15, 0.2) is 0 Å². The number of carbonyl (C=O) groups is 2. The number of hydrogen-bond acceptors (Lipinski definition) is 12. The molecule has 2 aromatic heterocycles. The van der Waals surface area contributed by atoms with Crippen molar-refractivity contribution in [2.75, 3.05) is 58.7 Å². The molecule has 4 aliphatic rings. The van der Waals surface area contributed by atoms with Gasteiger partial charge in [-0.3, -0.25) is 24.6 Å². The first-order valence-electron chi connectivity index (χ1n) is 22.3. The van der Waals surface area contributed by atoms with Crippen LogP contribution in [0.15, 0.2) is 96.2 Å². The minimum Gasteiger partial charge on any atom is -0.455 e. The summed E-state index contributed by atoms with van der Waals surface area (Å²) >= 11 is 0. The van der Waals surface area contributed by atoms with E-state index in [9.17, 15) is 28.1 Å². The molecule has 2 amide bonds. The van der Waals surface area contributed by atoms with Gasteiger partial charge < -0.3 is 29.6 Å². The van der Waals surface area contributed by atoms with Crippen molar-refractivity contribution >= 4 is 49.8 Å². The molecule has 4 heterocycles. The van der Waals surface area contributed by atoms with Crippen LogP contribution in [0.1, 0.15) is 84.0 Å². The fourth-order valence-corrected chi connectivity index (χ4v) is 10.5. The van der Waals surface area contributed by atoms with E-state index in [4.69, 9.17) is 9.47 Å². The molecule has 2 aliphatic carbocycles. The van der Waals surface area contributed by atoms with Crippen LogP contribution in [0.3, 0.4) is 0 Å². The molecule has 2 saturated heterocycles. The first-order valence-corrected chi connectivity index (χ1v) is 23.8. The number of amides is 2. The van der Waals surface area contributed by atoms with Gasteiger partial charge >= 0.3 is 0 Å². The number of likely N-dealkylation sites (tertiary alicyclic amines) is 1. The summed E-state index contributed by atoms with van der Waals surface area (Å²) < 4.78 is 41.8. The maximum Gasteiger partial charge on any atom is 0.293 e. The Kier molecular flexibility index (Phi) is 12.7. The molecule has 3 fully saturated rings. The number of likely N-dealkylation sites (N-methyl/N-ethyl adjacent to an activating group) is 1. The van der Waals surface area contributed by atoms with Crippen LogP contribution in [0, 0.1) is 10.1 Å². The van der Waals surface area contributed by atoms with Crippen molar-refractivity contribution in [2.24, 2.45) is 0 Å². The molecule has 2 aliphatic heterocycles. The predicted molar refractivity (Wildman–Crippen MR) is 246 cm³/mol. The number of aromatic amines is 1. The number of nitro groups is 1. The number of nitrogens with zero attached hydrogens (tertiary/aromatic N) is 5. The molecule has 3 aromatic carbocycles. The van der Waals surface area contributed by atoms with E-state index >= 15 is 0 Å². The number of morpholine rings is 1. The number of aromatic nitrogens is 2. The topological polar surface area (TPSA) is 192 Å². The Balaban J connectivity index is 0.923. The summed E-state index contributed by atoms with van der Waals surface area (Å²) in [6.45, 7) is 2.50. The normalized spacial score (nSPS) is 20.4. The summed E-state index contributed by atoms with van der Waals surface area (Å²) in [5, 5.41) is 16.0. The van der Waals surface area contributed by atoms with Crippen LogP contribution < -0.4 is 14.8 Å². The number of allylic oxidation sites excluding steroid dienone is 1. The second-order valence-corrected chi connectivity index (χ2v) is 19.4. The molecule has 9 rings (SSSR count). The number of nitro benzene ring substituents is 1. The van der Waals surface area contributed by atoms with Crippen molar-refractivity contribution in [1.29, 1.82) is 0 Å². The van der Waals surface area contributed by atoms with Gasteiger partial charge in [0.25, 0.3) is 21.6 Å². The van der Waals surface area contributed by atoms with Gasteiger partial charge in [-0.15, -0.1) is 0 Å². The van der Waals surface area contributed by atoms with Crippen LogP contribution in [0.4, 0.5) is 11.4 Å². The Bertz CT molecular complexity index is 2750. The lowest BCUT2D eigenvalue weighted by Gasteiger charge is -2.36. The zero-order chi connectivity index (χ0) is 45.2. The maximum absolute atomic E-state index is 14.0. The fraction of sp³-hybridized carbons (Fsp3) is 0.396. The Labute approximate surface area is 378 Å². The van der Waals surface area contributed by atoms with Crippen molar-refractivity contribution in [3.63, 3.8) is 0 Å². The van der Waals surface area contributed by atoms with Gasteiger partial charge in [0, 0.05) is 49.4 Å².